The number of hydrogen-bond donors (Lipinski definition) is 2. The Balaban J connectivity index is 1.63. The molecular formula is C20H26N2S. The molecular weight excluding hydrogens is 300 g/mol. The van der Waals surface area contributed by atoms with Gasteiger partial charge in [-0.3, -0.25) is 0 Å². The molecule has 0 aliphatic carbocycles. The molecule has 2 N–H and O–H groups in total. The minimum atomic E-state index is 0.554. The lowest BCUT2D eigenvalue weighted by molar-refractivity contribution is 0.711. The highest BCUT2D eigenvalue weighted by atomic mass is 32.1. The first-order valence-corrected chi connectivity index (χ1v) is 8.74. The molecule has 23 heavy (non-hydrogen) atoms. The third-order valence-electron chi connectivity index (χ3n) is 3.86. The van der Waals surface area contributed by atoms with Crippen molar-refractivity contribution in [1.29, 1.82) is 0 Å². The molecule has 0 bridgehead atoms. The van der Waals surface area contributed by atoms with Crippen molar-refractivity contribution in [3.05, 3.63) is 65.7 Å². The number of unbranched alkanes of at least 4 members (excludes halogenated alkanes) is 1. The standard InChI is InChI=1S/C20H26N2S/c1-16(2)18-11-13-19(14-12-18)22-20(23)21-15-7-6-10-17-8-4-3-5-9-17/h3-5,8-9,11-14,16H,6-7,10,15H2,1-2H3,(H2,21,22,23). The molecule has 0 atom stereocenters. The zero-order valence-corrected chi connectivity index (χ0v) is 14.8. The van der Waals surface area contributed by atoms with Crippen LogP contribution in [0.25, 0.3) is 0 Å². The van der Waals surface area contributed by atoms with Crippen LogP contribution in [-0.4, -0.2) is 11.7 Å². The number of aryl methyl sites for hydroxylation is 1. The average molecular weight is 327 g/mol. The second-order valence-electron chi connectivity index (χ2n) is 6.10. The maximum Gasteiger partial charge on any atom is 0.170 e. The Morgan fingerprint density at radius 1 is 0.957 bits per heavy atom. The molecule has 0 aromatic heterocycles. The minimum absolute atomic E-state index is 0.554. The maximum absolute atomic E-state index is 5.34. The Bertz CT molecular complexity index is 591. The fourth-order valence-corrected chi connectivity index (χ4v) is 2.65. The molecule has 0 amide bonds. The van der Waals surface area contributed by atoms with E-state index in [-0.39, 0.29) is 0 Å². The highest BCUT2D eigenvalue weighted by Gasteiger charge is 2.00. The van der Waals surface area contributed by atoms with Gasteiger partial charge in [-0.15, -0.1) is 0 Å². The van der Waals surface area contributed by atoms with Crippen molar-refractivity contribution in [2.24, 2.45) is 0 Å². The molecule has 0 aliphatic heterocycles. The topological polar surface area (TPSA) is 24.1 Å². The molecule has 2 aromatic carbocycles. The van der Waals surface area contributed by atoms with E-state index in [1.807, 2.05) is 0 Å². The van der Waals surface area contributed by atoms with Crippen LogP contribution in [0.2, 0.25) is 0 Å². The molecule has 0 fully saturated rings. The molecule has 0 saturated carbocycles. The number of rotatable bonds is 7. The summed E-state index contributed by atoms with van der Waals surface area (Å²) < 4.78 is 0. The normalized spacial score (nSPS) is 10.6. The van der Waals surface area contributed by atoms with Crippen molar-refractivity contribution in [1.82, 2.24) is 5.32 Å². The zero-order chi connectivity index (χ0) is 16.5. The van der Waals surface area contributed by atoms with Gasteiger partial charge in [-0.2, -0.15) is 0 Å². The molecule has 2 nitrogen and oxygen atoms in total. The Kier molecular flexibility index (Phi) is 7.08. The Morgan fingerprint density at radius 3 is 2.30 bits per heavy atom. The average Bonchev–Trinajstić information content (AvgIpc) is 2.56. The van der Waals surface area contributed by atoms with Gasteiger partial charge in [0.25, 0.3) is 0 Å². The van der Waals surface area contributed by atoms with E-state index >= 15 is 0 Å². The molecule has 0 aliphatic rings. The van der Waals surface area contributed by atoms with Crippen molar-refractivity contribution in [2.75, 3.05) is 11.9 Å². The van der Waals surface area contributed by atoms with E-state index < -0.39 is 0 Å². The summed E-state index contributed by atoms with van der Waals surface area (Å²) in [5, 5.41) is 7.21. The highest BCUT2D eigenvalue weighted by Crippen LogP contribution is 2.17. The van der Waals surface area contributed by atoms with Gasteiger partial charge in [0.2, 0.25) is 0 Å². The van der Waals surface area contributed by atoms with E-state index in [0.717, 1.165) is 25.1 Å². The van der Waals surface area contributed by atoms with Crippen molar-refractivity contribution < 1.29 is 0 Å². The van der Waals surface area contributed by atoms with Crippen LogP contribution < -0.4 is 10.6 Å². The number of benzene rings is 2. The summed E-state index contributed by atoms with van der Waals surface area (Å²) in [5.41, 5.74) is 3.78. The van der Waals surface area contributed by atoms with Crippen LogP contribution in [0.3, 0.4) is 0 Å². The van der Waals surface area contributed by atoms with Crippen LogP contribution in [0, 0.1) is 0 Å². The lowest BCUT2D eigenvalue weighted by atomic mass is 10.0. The van der Waals surface area contributed by atoms with E-state index in [1.54, 1.807) is 0 Å². The lowest BCUT2D eigenvalue weighted by Gasteiger charge is -2.12. The first kappa shape index (κ1) is 17.5. The number of hydrogen-bond acceptors (Lipinski definition) is 1. The van der Waals surface area contributed by atoms with Crippen LogP contribution in [0.1, 0.15) is 43.7 Å². The van der Waals surface area contributed by atoms with Crippen molar-refractivity contribution in [3.63, 3.8) is 0 Å². The van der Waals surface area contributed by atoms with E-state index in [4.69, 9.17) is 12.2 Å². The quantitative estimate of drug-likeness (QED) is 0.545. The van der Waals surface area contributed by atoms with Crippen molar-refractivity contribution >= 4 is 23.0 Å². The molecule has 0 unspecified atom stereocenters. The number of thiocarbonyl (C=S) groups is 1. The monoisotopic (exact) mass is 326 g/mol. The second-order valence-corrected chi connectivity index (χ2v) is 6.51. The molecule has 0 radical (unpaired) electrons. The Morgan fingerprint density at radius 2 is 1.65 bits per heavy atom. The Labute approximate surface area is 145 Å². The summed E-state index contributed by atoms with van der Waals surface area (Å²) in [7, 11) is 0. The predicted molar refractivity (Wildman–Crippen MR) is 104 cm³/mol. The summed E-state index contributed by atoms with van der Waals surface area (Å²) in [5.74, 6) is 0.554. The zero-order valence-electron chi connectivity index (χ0n) is 14.0. The fraction of sp³-hybridized carbons (Fsp3) is 0.350. The molecule has 3 heteroatoms. The number of anilines is 1. The summed E-state index contributed by atoms with van der Waals surface area (Å²) in [6.07, 6.45) is 3.41. The van der Waals surface area contributed by atoms with E-state index in [1.165, 1.54) is 17.5 Å². The Hall–Kier alpha value is -1.87. The molecule has 122 valence electrons. The van der Waals surface area contributed by atoms with E-state index in [2.05, 4.69) is 79.1 Å². The van der Waals surface area contributed by atoms with E-state index in [0.29, 0.717) is 11.0 Å². The third-order valence-corrected chi connectivity index (χ3v) is 4.10. The second kappa shape index (κ2) is 9.31. The SMILES string of the molecule is CC(C)c1ccc(NC(=S)NCCCCc2ccccc2)cc1. The fourth-order valence-electron chi connectivity index (χ4n) is 2.43. The summed E-state index contributed by atoms with van der Waals surface area (Å²) in [4.78, 5) is 0. The van der Waals surface area contributed by atoms with Gasteiger partial charge < -0.3 is 10.6 Å². The van der Waals surface area contributed by atoms with Gasteiger partial charge in [0, 0.05) is 12.2 Å². The predicted octanol–water partition coefficient (Wildman–Crippen LogP) is 5.12. The lowest BCUT2D eigenvalue weighted by Crippen LogP contribution is -2.29. The molecule has 2 aromatic rings. The molecule has 2 rings (SSSR count). The van der Waals surface area contributed by atoms with Gasteiger partial charge in [0.15, 0.2) is 5.11 Å². The van der Waals surface area contributed by atoms with Gasteiger partial charge >= 0.3 is 0 Å². The van der Waals surface area contributed by atoms with Gasteiger partial charge in [0.05, 0.1) is 0 Å². The minimum Gasteiger partial charge on any atom is -0.362 e. The smallest absolute Gasteiger partial charge is 0.170 e. The van der Waals surface area contributed by atoms with Crippen LogP contribution in [0.15, 0.2) is 54.6 Å². The first-order valence-electron chi connectivity index (χ1n) is 8.34. The van der Waals surface area contributed by atoms with Crippen molar-refractivity contribution in [2.45, 2.75) is 39.0 Å². The van der Waals surface area contributed by atoms with E-state index in [9.17, 15) is 0 Å². The van der Waals surface area contributed by atoms with Crippen LogP contribution in [-0.2, 0) is 6.42 Å². The first-order chi connectivity index (χ1) is 11.1. The maximum atomic E-state index is 5.34. The van der Waals surface area contributed by atoms with Crippen LogP contribution >= 0.6 is 12.2 Å². The van der Waals surface area contributed by atoms with Gasteiger partial charge in [-0.1, -0.05) is 56.3 Å². The summed E-state index contributed by atoms with van der Waals surface area (Å²) in [6, 6.07) is 19.1. The van der Waals surface area contributed by atoms with Crippen molar-refractivity contribution in [3.8, 4) is 0 Å². The van der Waals surface area contributed by atoms with Gasteiger partial charge in [-0.05, 0) is 60.7 Å². The molecule has 0 heterocycles. The van der Waals surface area contributed by atoms with Crippen LogP contribution in [0.4, 0.5) is 5.69 Å². The van der Waals surface area contributed by atoms with Gasteiger partial charge in [0.1, 0.15) is 0 Å². The van der Waals surface area contributed by atoms with Crippen LogP contribution in [0.5, 0.6) is 0 Å². The largest absolute Gasteiger partial charge is 0.362 e. The highest BCUT2D eigenvalue weighted by molar-refractivity contribution is 7.80. The molecule has 0 spiro atoms. The number of nitrogens with one attached hydrogen (secondary N) is 2. The third kappa shape index (κ3) is 6.41. The van der Waals surface area contributed by atoms with Gasteiger partial charge in [-0.25, -0.2) is 0 Å². The molecule has 0 saturated heterocycles. The summed E-state index contributed by atoms with van der Waals surface area (Å²) in [6.45, 7) is 5.30. The summed E-state index contributed by atoms with van der Waals surface area (Å²) >= 11 is 5.34.